The molecule has 4 rings (SSSR count). The summed E-state index contributed by atoms with van der Waals surface area (Å²) in [5.74, 6) is 0.0448. The van der Waals surface area contributed by atoms with Crippen molar-refractivity contribution in [2.24, 2.45) is 0 Å². The summed E-state index contributed by atoms with van der Waals surface area (Å²) in [6.07, 6.45) is 0. The number of amides is 1. The summed E-state index contributed by atoms with van der Waals surface area (Å²) < 4.78 is 25.3. The maximum atomic E-state index is 14.5. The molecule has 0 bridgehead atoms. The molecule has 1 amide bonds. The van der Waals surface area contributed by atoms with Crippen LogP contribution in [0.4, 0.5) is 15.8 Å². The first-order valence-electron chi connectivity index (χ1n) is 9.76. The summed E-state index contributed by atoms with van der Waals surface area (Å²) in [6, 6.07) is 12.3. The van der Waals surface area contributed by atoms with Gasteiger partial charge in [0.25, 0.3) is 5.91 Å². The Morgan fingerprint density at radius 1 is 1.23 bits per heavy atom. The molecule has 1 N–H and O–H groups in total. The molecule has 0 unspecified atom stereocenters. The van der Waals surface area contributed by atoms with Gasteiger partial charge in [0, 0.05) is 29.7 Å². The van der Waals surface area contributed by atoms with Crippen molar-refractivity contribution >= 4 is 28.6 Å². The van der Waals surface area contributed by atoms with E-state index >= 15 is 0 Å². The Kier molecular flexibility index (Phi) is 6.25. The van der Waals surface area contributed by atoms with Crippen LogP contribution in [-0.2, 0) is 4.74 Å². The van der Waals surface area contributed by atoms with Gasteiger partial charge >= 0.3 is 0 Å². The number of benzene rings is 2. The lowest BCUT2D eigenvalue weighted by Crippen LogP contribution is -2.36. The van der Waals surface area contributed by atoms with Gasteiger partial charge < -0.3 is 19.7 Å². The Bertz CT molecular complexity index is 1020. The topological polar surface area (TPSA) is 63.7 Å². The molecular formula is C22H22FN3O3S. The Morgan fingerprint density at radius 2 is 2.00 bits per heavy atom. The first kappa shape index (κ1) is 20.3. The number of carbonyl (C=O) groups is 1. The largest absolute Gasteiger partial charge is 0.494 e. The minimum atomic E-state index is -0.373. The minimum absolute atomic E-state index is 0.293. The molecule has 0 spiro atoms. The van der Waals surface area contributed by atoms with Gasteiger partial charge in [-0.15, -0.1) is 11.3 Å². The number of aromatic nitrogens is 1. The lowest BCUT2D eigenvalue weighted by atomic mass is 10.2. The van der Waals surface area contributed by atoms with Gasteiger partial charge in [-0.1, -0.05) is 0 Å². The zero-order chi connectivity index (χ0) is 20.9. The van der Waals surface area contributed by atoms with Gasteiger partial charge in [-0.05, 0) is 49.4 Å². The number of anilines is 2. The first-order chi connectivity index (χ1) is 14.6. The highest BCUT2D eigenvalue weighted by Crippen LogP contribution is 2.27. The predicted molar refractivity (Wildman–Crippen MR) is 116 cm³/mol. The third-order valence-corrected chi connectivity index (χ3v) is 5.60. The Hall–Kier alpha value is -2.97. The number of ether oxygens (including phenoxy) is 2. The summed E-state index contributed by atoms with van der Waals surface area (Å²) in [5, 5.41) is 5.15. The SMILES string of the molecule is CCOc1ccc(-c2nc(C(=O)Nc3ccc(N4CCOCC4)c(F)c3)cs2)cc1. The standard InChI is InChI=1S/C22H22FN3O3S/c1-2-29-17-6-3-15(4-7-17)22-25-19(14-30-22)21(27)24-16-5-8-20(18(23)13-16)26-9-11-28-12-10-26/h3-8,13-14H,2,9-12H2,1H3,(H,24,27). The van der Waals surface area contributed by atoms with Crippen molar-refractivity contribution in [1.82, 2.24) is 4.98 Å². The van der Waals surface area contributed by atoms with E-state index in [1.54, 1.807) is 17.5 Å². The van der Waals surface area contributed by atoms with Crippen LogP contribution in [0.3, 0.4) is 0 Å². The van der Waals surface area contributed by atoms with Crippen molar-refractivity contribution in [2.75, 3.05) is 43.1 Å². The van der Waals surface area contributed by atoms with Crippen molar-refractivity contribution in [3.8, 4) is 16.3 Å². The third-order valence-electron chi connectivity index (χ3n) is 4.71. The van der Waals surface area contributed by atoms with E-state index in [1.807, 2.05) is 36.1 Å². The molecule has 1 aliphatic heterocycles. The number of rotatable bonds is 6. The highest BCUT2D eigenvalue weighted by atomic mass is 32.1. The van der Waals surface area contributed by atoms with E-state index in [2.05, 4.69) is 10.3 Å². The number of hydrogen-bond donors (Lipinski definition) is 1. The number of morpholine rings is 1. The summed E-state index contributed by atoms with van der Waals surface area (Å²) in [5.41, 5.74) is 2.11. The van der Waals surface area contributed by atoms with E-state index in [1.165, 1.54) is 17.4 Å². The van der Waals surface area contributed by atoms with Gasteiger partial charge in [-0.3, -0.25) is 4.79 Å². The molecule has 1 saturated heterocycles. The monoisotopic (exact) mass is 427 g/mol. The molecular weight excluding hydrogens is 405 g/mol. The van der Waals surface area contributed by atoms with Crippen LogP contribution < -0.4 is 15.0 Å². The van der Waals surface area contributed by atoms with E-state index in [0.29, 0.717) is 50.0 Å². The van der Waals surface area contributed by atoms with Crippen molar-refractivity contribution in [3.05, 3.63) is 59.4 Å². The van der Waals surface area contributed by atoms with Gasteiger partial charge in [-0.25, -0.2) is 9.37 Å². The van der Waals surface area contributed by atoms with Crippen LogP contribution in [0.1, 0.15) is 17.4 Å². The average molecular weight is 428 g/mol. The van der Waals surface area contributed by atoms with Gasteiger partial charge in [0.1, 0.15) is 22.3 Å². The lowest BCUT2D eigenvalue weighted by molar-refractivity contribution is 0.102. The Morgan fingerprint density at radius 3 is 2.70 bits per heavy atom. The van der Waals surface area contributed by atoms with E-state index in [9.17, 15) is 9.18 Å². The van der Waals surface area contributed by atoms with Crippen molar-refractivity contribution < 1.29 is 18.7 Å². The van der Waals surface area contributed by atoms with Crippen LogP contribution >= 0.6 is 11.3 Å². The molecule has 2 heterocycles. The normalized spacial score (nSPS) is 13.9. The number of nitrogens with zero attached hydrogens (tertiary/aromatic N) is 2. The fourth-order valence-electron chi connectivity index (χ4n) is 3.21. The molecule has 3 aromatic rings. The number of hydrogen-bond acceptors (Lipinski definition) is 6. The summed E-state index contributed by atoms with van der Waals surface area (Å²) in [7, 11) is 0. The summed E-state index contributed by atoms with van der Waals surface area (Å²) >= 11 is 1.38. The van der Waals surface area contributed by atoms with Crippen LogP contribution in [0.25, 0.3) is 10.6 Å². The average Bonchev–Trinajstić information content (AvgIpc) is 3.26. The van der Waals surface area contributed by atoms with Crippen LogP contribution in [0.5, 0.6) is 5.75 Å². The number of carbonyl (C=O) groups excluding carboxylic acids is 1. The van der Waals surface area contributed by atoms with E-state index in [0.717, 1.165) is 16.3 Å². The van der Waals surface area contributed by atoms with Gasteiger partial charge in [0.15, 0.2) is 0 Å². The van der Waals surface area contributed by atoms with Crippen LogP contribution in [0, 0.1) is 5.82 Å². The molecule has 156 valence electrons. The second-order valence-electron chi connectivity index (χ2n) is 6.72. The molecule has 2 aromatic carbocycles. The molecule has 30 heavy (non-hydrogen) atoms. The third kappa shape index (κ3) is 4.60. The first-order valence-corrected chi connectivity index (χ1v) is 10.6. The molecule has 6 nitrogen and oxygen atoms in total. The fraction of sp³-hybridized carbons (Fsp3) is 0.273. The molecule has 1 aliphatic rings. The molecule has 0 saturated carbocycles. The highest BCUT2D eigenvalue weighted by molar-refractivity contribution is 7.13. The Balaban J connectivity index is 1.43. The molecule has 0 aliphatic carbocycles. The molecule has 0 atom stereocenters. The van der Waals surface area contributed by atoms with E-state index in [-0.39, 0.29) is 11.7 Å². The second kappa shape index (κ2) is 9.23. The van der Waals surface area contributed by atoms with E-state index in [4.69, 9.17) is 9.47 Å². The zero-order valence-electron chi connectivity index (χ0n) is 16.6. The van der Waals surface area contributed by atoms with Gasteiger partial charge in [0.05, 0.1) is 25.5 Å². The van der Waals surface area contributed by atoms with Gasteiger partial charge in [0.2, 0.25) is 0 Å². The Labute approximate surface area is 178 Å². The van der Waals surface area contributed by atoms with Crippen LogP contribution in [0.15, 0.2) is 47.8 Å². The van der Waals surface area contributed by atoms with Crippen molar-refractivity contribution in [2.45, 2.75) is 6.92 Å². The van der Waals surface area contributed by atoms with Crippen molar-refractivity contribution in [3.63, 3.8) is 0 Å². The zero-order valence-corrected chi connectivity index (χ0v) is 17.4. The number of nitrogens with one attached hydrogen (secondary N) is 1. The summed E-state index contributed by atoms with van der Waals surface area (Å²) in [6.45, 7) is 5.00. The minimum Gasteiger partial charge on any atom is -0.494 e. The molecule has 1 aromatic heterocycles. The molecule has 1 fully saturated rings. The van der Waals surface area contributed by atoms with Gasteiger partial charge in [-0.2, -0.15) is 0 Å². The number of thiazole rings is 1. The fourth-order valence-corrected chi connectivity index (χ4v) is 4.02. The second-order valence-corrected chi connectivity index (χ2v) is 7.57. The maximum Gasteiger partial charge on any atom is 0.275 e. The quantitative estimate of drug-likeness (QED) is 0.630. The highest BCUT2D eigenvalue weighted by Gasteiger charge is 2.17. The predicted octanol–water partition coefficient (Wildman–Crippen LogP) is 4.44. The molecule has 8 heteroatoms. The van der Waals surface area contributed by atoms with Crippen LogP contribution in [-0.4, -0.2) is 43.8 Å². The van der Waals surface area contributed by atoms with Crippen molar-refractivity contribution in [1.29, 1.82) is 0 Å². The number of halogens is 1. The smallest absolute Gasteiger partial charge is 0.275 e. The molecule has 0 radical (unpaired) electrons. The van der Waals surface area contributed by atoms with Crippen LogP contribution in [0.2, 0.25) is 0 Å². The maximum absolute atomic E-state index is 14.5. The lowest BCUT2D eigenvalue weighted by Gasteiger charge is -2.29. The summed E-state index contributed by atoms with van der Waals surface area (Å²) in [4.78, 5) is 18.9. The van der Waals surface area contributed by atoms with E-state index < -0.39 is 0 Å².